The molecule has 0 unspecified atom stereocenters. The zero-order valence-electron chi connectivity index (χ0n) is 15.1. The number of allylic oxidation sites excluding steroid dienone is 3. The van der Waals surface area contributed by atoms with Gasteiger partial charge in [0.15, 0.2) is 0 Å². The highest BCUT2D eigenvalue weighted by Gasteiger charge is 2.37. The Hall–Kier alpha value is -3.39. The van der Waals surface area contributed by atoms with Crippen LogP contribution in [0.15, 0.2) is 77.4 Å². The van der Waals surface area contributed by atoms with Gasteiger partial charge in [-0.2, -0.15) is 5.26 Å². The number of hydrogen-bond acceptors (Lipinski definition) is 5. The smallest absolute Gasteiger partial charge is 0.205 e. The number of nitriles is 1. The fraction of sp³-hybridized carbons (Fsp3) is 0.227. The lowest BCUT2D eigenvalue weighted by Gasteiger charge is -2.35. The second-order valence-corrected chi connectivity index (χ2v) is 7.03. The van der Waals surface area contributed by atoms with Crippen molar-refractivity contribution in [3.8, 4) is 6.07 Å². The van der Waals surface area contributed by atoms with Crippen LogP contribution in [0, 0.1) is 17.2 Å². The molecule has 5 heteroatoms. The molecule has 1 aliphatic heterocycles. The molecular formula is C22H20N4O. The Kier molecular flexibility index (Phi) is 4.47. The summed E-state index contributed by atoms with van der Waals surface area (Å²) in [6.45, 7) is 2.22. The van der Waals surface area contributed by atoms with Gasteiger partial charge in [0.25, 0.3) is 0 Å². The molecule has 0 radical (unpaired) electrons. The van der Waals surface area contributed by atoms with Crippen molar-refractivity contribution in [3.63, 3.8) is 0 Å². The highest BCUT2D eigenvalue weighted by molar-refractivity contribution is 5.61. The predicted molar refractivity (Wildman–Crippen MR) is 103 cm³/mol. The van der Waals surface area contributed by atoms with Gasteiger partial charge in [-0.1, -0.05) is 19.1 Å². The Bertz CT molecular complexity index is 984. The van der Waals surface area contributed by atoms with E-state index in [2.05, 4.69) is 29.0 Å². The van der Waals surface area contributed by atoms with Crippen molar-refractivity contribution in [2.45, 2.75) is 25.7 Å². The molecule has 134 valence electrons. The third kappa shape index (κ3) is 3.22. The molecule has 1 aliphatic carbocycles. The van der Waals surface area contributed by atoms with Gasteiger partial charge in [-0.3, -0.25) is 9.97 Å². The standard InChI is InChI=1S/C22H20N4O/c1-14-8-17(10-15-4-2-6-25-12-15)21-18(9-14)20(16-5-3-7-26-13-16)19(11-23)22(24)27-21/h2-7,10,12-14,20H,8-9,24H2,1H3/b17-10+/t14-,20+/m0/s1. The minimum atomic E-state index is -0.215. The van der Waals surface area contributed by atoms with Gasteiger partial charge in [-0.15, -0.1) is 0 Å². The largest absolute Gasteiger partial charge is 0.440 e. The highest BCUT2D eigenvalue weighted by Crippen LogP contribution is 2.48. The molecular weight excluding hydrogens is 336 g/mol. The first-order valence-electron chi connectivity index (χ1n) is 8.99. The van der Waals surface area contributed by atoms with Gasteiger partial charge in [0.1, 0.15) is 17.4 Å². The molecule has 0 spiro atoms. The highest BCUT2D eigenvalue weighted by atomic mass is 16.5. The van der Waals surface area contributed by atoms with Crippen molar-refractivity contribution in [2.75, 3.05) is 0 Å². The zero-order chi connectivity index (χ0) is 18.8. The SMILES string of the molecule is C[C@@H]1CC2=C(OC(N)=C(C#N)[C@@H]2c2cccnc2)/C(=C/c2cccnc2)C1. The molecule has 3 heterocycles. The predicted octanol–water partition coefficient (Wildman–Crippen LogP) is 4.05. The summed E-state index contributed by atoms with van der Waals surface area (Å²) in [7, 11) is 0. The normalized spacial score (nSPS) is 23.6. The fourth-order valence-corrected chi connectivity index (χ4v) is 3.90. The fourth-order valence-electron chi connectivity index (χ4n) is 3.90. The first-order chi connectivity index (χ1) is 13.2. The lowest BCUT2D eigenvalue weighted by molar-refractivity contribution is 0.268. The summed E-state index contributed by atoms with van der Waals surface area (Å²) in [4.78, 5) is 8.43. The molecule has 2 aliphatic rings. The summed E-state index contributed by atoms with van der Waals surface area (Å²) in [5, 5.41) is 9.72. The summed E-state index contributed by atoms with van der Waals surface area (Å²) in [6.07, 6.45) is 11.0. The van der Waals surface area contributed by atoms with Crippen LogP contribution < -0.4 is 5.73 Å². The molecule has 0 bridgehead atoms. The summed E-state index contributed by atoms with van der Waals surface area (Å²) in [6, 6.07) is 10.1. The zero-order valence-corrected chi connectivity index (χ0v) is 15.1. The van der Waals surface area contributed by atoms with Crippen molar-refractivity contribution in [2.24, 2.45) is 11.7 Å². The minimum absolute atomic E-state index is 0.178. The van der Waals surface area contributed by atoms with E-state index < -0.39 is 0 Å². The van der Waals surface area contributed by atoms with Gasteiger partial charge in [0.05, 0.1) is 5.92 Å². The van der Waals surface area contributed by atoms with E-state index in [1.165, 1.54) is 0 Å². The average molecular weight is 356 g/mol. The summed E-state index contributed by atoms with van der Waals surface area (Å²) in [5.41, 5.74) is 10.8. The third-order valence-electron chi connectivity index (χ3n) is 5.00. The Morgan fingerprint density at radius 3 is 2.63 bits per heavy atom. The van der Waals surface area contributed by atoms with E-state index in [1.54, 1.807) is 18.6 Å². The van der Waals surface area contributed by atoms with E-state index in [-0.39, 0.29) is 11.8 Å². The molecule has 0 aromatic carbocycles. The summed E-state index contributed by atoms with van der Waals surface area (Å²) < 4.78 is 5.98. The molecule has 2 atom stereocenters. The van der Waals surface area contributed by atoms with Crippen LogP contribution >= 0.6 is 0 Å². The van der Waals surface area contributed by atoms with E-state index in [9.17, 15) is 5.26 Å². The summed E-state index contributed by atoms with van der Waals surface area (Å²) in [5.74, 6) is 1.19. The number of ether oxygens (including phenoxy) is 1. The molecule has 0 amide bonds. The maximum Gasteiger partial charge on any atom is 0.205 e. The Balaban J connectivity index is 1.87. The molecule has 27 heavy (non-hydrogen) atoms. The van der Waals surface area contributed by atoms with Crippen LogP contribution in [0.25, 0.3) is 6.08 Å². The monoisotopic (exact) mass is 356 g/mol. The van der Waals surface area contributed by atoms with E-state index >= 15 is 0 Å². The summed E-state index contributed by atoms with van der Waals surface area (Å²) >= 11 is 0. The van der Waals surface area contributed by atoms with Gasteiger partial charge in [0.2, 0.25) is 5.88 Å². The van der Waals surface area contributed by atoms with Crippen molar-refractivity contribution < 1.29 is 4.74 Å². The molecule has 2 N–H and O–H groups in total. The molecule has 5 nitrogen and oxygen atoms in total. The maximum atomic E-state index is 9.72. The number of pyridine rings is 2. The molecule has 2 aromatic rings. The number of hydrogen-bond donors (Lipinski definition) is 1. The Labute approximate surface area is 158 Å². The van der Waals surface area contributed by atoms with Crippen molar-refractivity contribution in [1.82, 2.24) is 9.97 Å². The third-order valence-corrected chi connectivity index (χ3v) is 5.00. The van der Waals surface area contributed by atoms with Gasteiger partial charge in [-0.25, -0.2) is 0 Å². The van der Waals surface area contributed by atoms with Crippen LogP contribution in [-0.2, 0) is 4.74 Å². The number of nitrogens with zero attached hydrogens (tertiary/aromatic N) is 3. The molecule has 4 rings (SSSR count). The van der Waals surface area contributed by atoms with Gasteiger partial charge in [0, 0.05) is 24.8 Å². The van der Waals surface area contributed by atoms with Gasteiger partial charge < -0.3 is 10.5 Å². The van der Waals surface area contributed by atoms with Gasteiger partial charge >= 0.3 is 0 Å². The Morgan fingerprint density at radius 1 is 1.19 bits per heavy atom. The quantitative estimate of drug-likeness (QED) is 0.877. The second-order valence-electron chi connectivity index (χ2n) is 7.03. The topological polar surface area (TPSA) is 84.8 Å². The molecule has 0 saturated heterocycles. The van der Waals surface area contributed by atoms with Crippen molar-refractivity contribution in [1.29, 1.82) is 5.26 Å². The van der Waals surface area contributed by atoms with E-state index in [0.29, 0.717) is 11.5 Å². The molecule has 0 saturated carbocycles. The molecule has 2 aromatic heterocycles. The van der Waals surface area contributed by atoms with Crippen molar-refractivity contribution in [3.05, 3.63) is 88.5 Å². The lowest BCUT2D eigenvalue weighted by atomic mass is 9.74. The van der Waals surface area contributed by atoms with E-state index in [4.69, 9.17) is 10.5 Å². The Morgan fingerprint density at radius 2 is 1.96 bits per heavy atom. The minimum Gasteiger partial charge on any atom is -0.440 e. The number of nitrogens with two attached hydrogens (primary N) is 1. The first-order valence-corrected chi connectivity index (χ1v) is 8.99. The van der Waals surface area contributed by atoms with Crippen LogP contribution in [0.4, 0.5) is 0 Å². The van der Waals surface area contributed by atoms with E-state index in [0.717, 1.165) is 40.9 Å². The van der Waals surface area contributed by atoms with Crippen LogP contribution in [-0.4, -0.2) is 9.97 Å². The number of aromatic nitrogens is 2. The average Bonchev–Trinajstić information content (AvgIpc) is 2.69. The maximum absolute atomic E-state index is 9.72. The van der Waals surface area contributed by atoms with Crippen molar-refractivity contribution >= 4 is 6.08 Å². The number of rotatable bonds is 2. The molecule has 0 fully saturated rings. The van der Waals surface area contributed by atoms with Crippen LogP contribution in [0.2, 0.25) is 0 Å². The second kappa shape index (κ2) is 7.08. The lowest BCUT2D eigenvalue weighted by Crippen LogP contribution is -2.26. The van der Waals surface area contributed by atoms with Gasteiger partial charge in [-0.05, 0) is 59.2 Å². The van der Waals surface area contributed by atoms with Crippen LogP contribution in [0.3, 0.4) is 0 Å². The van der Waals surface area contributed by atoms with Crippen LogP contribution in [0.1, 0.15) is 36.8 Å². The van der Waals surface area contributed by atoms with Crippen LogP contribution in [0.5, 0.6) is 0 Å². The van der Waals surface area contributed by atoms with E-state index in [1.807, 2.05) is 30.5 Å². The first kappa shape index (κ1) is 17.0.